The van der Waals surface area contributed by atoms with Crippen LogP contribution in [0.3, 0.4) is 0 Å². The maximum Gasteiger partial charge on any atom is 0.437 e. The van der Waals surface area contributed by atoms with Crippen LogP contribution in [-0.2, 0) is 6.54 Å². The molecular formula is C13H11N3O3. The van der Waals surface area contributed by atoms with Crippen LogP contribution in [0.15, 0.2) is 50.4 Å². The van der Waals surface area contributed by atoms with Crippen LogP contribution < -0.4 is 5.76 Å². The Bertz CT molecular complexity index is 740. The van der Waals surface area contributed by atoms with Crippen molar-refractivity contribution in [2.75, 3.05) is 0 Å². The summed E-state index contributed by atoms with van der Waals surface area (Å²) in [6, 6.07) is 7.21. The van der Waals surface area contributed by atoms with Gasteiger partial charge in [-0.05, 0) is 25.1 Å². The lowest BCUT2D eigenvalue weighted by Gasteiger charge is -1.96. The Labute approximate surface area is 108 Å². The van der Waals surface area contributed by atoms with E-state index in [-0.39, 0.29) is 12.4 Å². The Balaban J connectivity index is 1.95. The first kappa shape index (κ1) is 11.5. The Morgan fingerprint density at radius 2 is 2.21 bits per heavy atom. The quantitative estimate of drug-likeness (QED) is 0.715. The summed E-state index contributed by atoms with van der Waals surface area (Å²) in [5.74, 6) is 0.402. The first-order valence-corrected chi connectivity index (χ1v) is 5.76. The van der Waals surface area contributed by atoms with Crippen molar-refractivity contribution in [1.82, 2.24) is 14.8 Å². The number of nitrogens with zero attached hydrogens (tertiary/aromatic N) is 3. The van der Waals surface area contributed by atoms with Gasteiger partial charge in [-0.2, -0.15) is 4.68 Å². The Hall–Kier alpha value is -2.63. The third-order valence-corrected chi connectivity index (χ3v) is 2.73. The highest BCUT2D eigenvalue weighted by molar-refractivity contribution is 5.54. The van der Waals surface area contributed by atoms with Crippen LogP contribution >= 0.6 is 0 Å². The van der Waals surface area contributed by atoms with E-state index in [0.717, 1.165) is 5.69 Å². The Kier molecular flexibility index (Phi) is 2.75. The van der Waals surface area contributed by atoms with Gasteiger partial charge in [-0.15, -0.1) is 5.10 Å². The first-order chi connectivity index (χ1) is 9.24. The second kappa shape index (κ2) is 4.56. The Morgan fingerprint density at radius 3 is 2.89 bits per heavy atom. The minimum atomic E-state index is -0.513. The molecule has 3 aromatic rings. The lowest BCUT2D eigenvalue weighted by molar-refractivity contribution is 0.490. The van der Waals surface area contributed by atoms with Gasteiger partial charge < -0.3 is 8.83 Å². The summed E-state index contributed by atoms with van der Waals surface area (Å²) in [6.07, 6.45) is 3.20. The molecule has 0 atom stereocenters. The van der Waals surface area contributed by atoms with E-state index in [2.05, 4.69) is 10.1 Å². The number of rotatable bonds is 3. The lowest BCUT2D eigenvalue weighted by atomic mass is 10.3. The molecule has 0 aliphatic carbocycles. The number of hydrogen-bond donors (Lipinski definition) is 0. The highest BCUT2D eigenvalue weighted by Gasteiger charge is 2.14. The second-order valence-corrected chi connectivity index (χ2v) is 4.04. The molecule has 0 saturated heterocycles. The third-order valence-electron chi connectivity index (χ3n) is 2.73. The van der Waals surface area contributed by atoms with Crippen molar-refractivity contribution in [1.29, 1.82) is 0 Å². The van der Waals surface area contributed by atoms with E-state index in [9.17, 15) is 4.79 Å². The average molecular weight is 257 g/mol. The van der Waals surface area contributed by atoms with E-state index in [1.54, 1.807) is 19.2 Å². The first-order valence-electron chi connectivity index (χ1n) is 5.76. The van der Waals surface area contributed by atoms with Crippen LogP contribution in [0.1, 0.15) is 11.5 Å². The molecule has 0 aromatic carbocycles. The molecule has 6 nitrogen and oxygen atoms in total. The van der Waals surface area contributed by atoms with Crippen LogP contribution in [-0.4, -0.2) is 14.8 Å². The van der Waals surface area contributed by atoms with Crippen molar-refractivity contribution in [3.8, 4) is 11.5 Å². The van der Waals surface area contributed by atoms with E-state index >= 15 is 0 Å². The van der Waals surface area contributed by atoms with Crippen LogP contribution in [0.25, 0.3) is 11.5 Å². The maximum atomic E-state index is 11.7. The fraction of sp³-hybridized carbons (Fsp3) is 0.154. The van der Waals surface area contributed by atoms with Gasteiger partial charge >= 0.3 is 5.76 Å². The molecule has 96 valence electrons. The average Bonchev–Trinajstić information content (AvgIpc) is 2.98. The fourth-order valence-electron chi connectivity index (χ4n) is 1.77. The van der Waals surface area contributed by atoms with Gasteiger partial charge in [0.05, 0.1) is 24.1 Å². The summed E-state index contributed by atoms with van der Waals surface area (Å²) in [4.78, 5) is 15.9. The molecule has 0 aliphatic heterocycles. The molecule has 0 bridgehead atoms. The van der Waals surface area contributed by atoms with E-state index in [0.29, 0.717) is 11.3 Å². The number of aryl methyl sites for hydroxylation is 1. The summed E-state index contributed by atoms with van der Waals surface area (Å²) in [6.45, 7) is 2.06. The third kappa shape index (κ3) is 2.20. The molecule has 0 unspecified atom stereocenters. The fourth-order valence-corrected chi connectivity index (χ4v) is 1.77. The number of aromatic nitrogens is 3. The van der Waals surface area contributed by atoms with Crippen molar-refractivity contribution < 1.29 is 8.83 Å². The topological polar surface area (TPSA) is 74.1 Å². The number of furan rings is 1. The van der Waals surface area contributed by atoms with Gasteiger partial charge in [0, 0.05) is 6.20 Å². The van der Waals surface area contributed by atoms with Crippen molar-refractivity contribution in [2.24, 2.45) is 0 Å². The molecule has 0 amide bonds. The van der Waals surface area contributed by atoms with Gasteiger partial charge in [-0.25, -0.2) is 4.79 Å². The molecule has 0 N–H and O–H groups in total. The van der Waals surface area contributed by atoms with Gasteiger partial charge in [-0.1, -0.05) is 6.07 Å². The van der Waals surface area contributed by atoms with Crippen LogP contribution in [0, 0.1) is 6.92 Å². The molecular weight excluding hydrogens is 246 g/mol. The molecule has 0 radical (unpaired) electrons. The molecule has 0 aliphatic rings. The van der Waals surface area contributed by atoms with Crippen molar-refractivity contribution in [3.63, 3.8) is 0 Å². The predicted molar refractivity (Wildman–Crippen MR) is 66.5 cm³/mol. The predicted octanol–water partition coefficient (Wildman–Crippen LogP) is 1.85. The zero-order valence-corrected chi connectivity index (χ0v) is 10.2. The zero-order valence-electron chi connectivity index (χ0n) is 10.2. The molecule has 19 heavy (non-hydrogen) atoms. The summed E-state index contributed by atoms with van der Waals surface area (Å²) in [5.41, 5.74) is 1.42. The molecule has 0 fully saturated rings. The van der Waals surface area contributed by atoms with Gasteiger partial charge in [-0.3, -0.25) is 4.98 Å². The Morgan fingerprint density at radius 1 is 1.32 bits per heavy atom. The van der Waals surface area contributed by atoms with Crippen molar-refractivity contribution >= 4 is 0 Å². The highest BCUT2D eigenvalue weighted by Crippen LogP contribution is 2.20. The van der Waals surface area contributed by atoms with Crippen LogP contribution in [0.2, 0.25) is 0 Å². The smallest absolute Gasteiger partial charge is 0.437 e. The molecule has 0 spiro atoms. The van der Waals surface area contributed by atoms with Crippen LogP contribution in [0.5, 0.6) is 0 Å². The molecule has 6 heteroatoms. The SMILES string of the molecule is Cc1occc1-c1nn(Cc2ccccn2)c(=O)o1. The normalized spacial score (nSPS) is 10.8. The van der Waals surface area contributed by atoms with E-state index in [1.807, 2.05) is 18.2 Å². The highest BCUT2D eigenvalue weighted by atomic mass is 16.4. The molecule has 3 aromatic heterocycles. The monoisotopic (exact) mass is 257 g/mol. The molecule has 3 heterocycles. The van der Waals surface area contributed by atoms with E-state index < -0.39 is 5.76 Å². The van der Waals surface area contributed by atoms with Gasteiger partial charge in [0.2, 0.25) is 0 Å². The molecule has 3 rings (SSSR count). The largest absolute Gasteiger partial charge is 0.469 e. The van der Waals surface area contributed by atoms with Crippen molar-refractivity contribution in [2.45, 2.75) is 13.5 Å². The minimum absolute atomic E-state index is 0.257. The van der Waals surface area contributed by atoms with Crippen molar-refractivity contribution in [3.05, 3.63) is 58.7 Å². The number of hydrogen-bond acceptors (Lipinski definition) is 5. The van der Waals surface area contributed by atoms with Gasteiger partial charge in [0.15, 0.2) is 0 Å². The standard InChI is InChI=1S/C13H11N3O3/c1-9-11(5-7-18-9)12-15-16(13(17)19-12)8-10-4-2-3-6-14-10/h2-7H,8H2,1H3. The van der Waals surface area contributed by atoms with Gasteiger partial charge in [0.1, 0.15) is 5.76 Å². The maximum absolute atomic E-state index is 11.7. The minimum Gasteiger partial charge on any atom is -0.469 e. The summed E-state index contributed by atoms with van der Waals surface area (Å²) in [5, 5.41) is 4.15. The summed E-state index contributed by atoms with van der Waals surface area (Å²) >= 11 is 0. The molecule has 0 saturated carbocycles. The summed E-state index contributed by atoms with van der Waals surface area (Å²) < 4.78 is 11.5. The van der Waals surface area contributed by atoms with E-state index in [1.165, 1.54) is 10.9 Å². The summed E-state index contributed by atoms with van der Waals surface area (Å²) in [7, 11) is 0. The lowest BCUT2D eigenvalue weighted by Crippen LogP contribution is -2.17. The van der Waals surface area contributed by atoms with Crippen LogP contribution in [0.4, 0.5) is 0 Å². The number of pyridine rings is 1. The van der Waals surface area contributed by atoms with E-state index in [4.69, 9.17) is 8.83 Å². The zero-order chi connectivity index (χ0) is 13.2. The second-order valence-electron chi connectivity index (χ2n) is 4.04. The van der Waals surface area contributed by atoms with Gasteiger partial charge in [0.25, 0.3) is 5.89 Å².